The van der Waals surface area contributed by atoms with Gasteiger partial charge >= 0.3 is 6.09 Å². The van der Waals surface area contributed by atoms with E-state index in [0.29, 0.717) is 13.1 Å². The maximum absolute atomic E-state index is 11.1. The highest BCUT2D eigenvalue weighted by Crippen LogP contribution is 2.21. The second-order valence-corrected chi connectivity index (χ2v) is 4.85. The number of rotatable bonds is 3. The van der Waals surface area contributed by atoms with Crippen LogP contribution >= 0.6 is 0 Å². The molecular formula is C14H21N3O2. The lowest BCUT2D eigenvalue weighted by atomic mass is 10.1. The van der Waals surface area contributed by atoms with Crippen molar-refractivity contribution in [3.63, 3.8) is 0 Å². The molecule has 1 atom stereocenters. The van der Waals surface area contributed by atoms with Crippen LogP contribution in [0.1, 0.15) is 18.9 Å². The molecule has 1 saturated heterocycles. The van der Waals surface area contributed by atoms with Gasteiger partial charge in [0, 0.05) is 31.9 Å². The number of amides is 1. The first-order valence-corrected chi connectivity index (χ1v) is 6.69. The molecule has 1 unspecified atom stereocenters. The van der Waals surface area contributed by atoms with E-state index < -0.39 is 6.09 Å². The van der Waals surface area contributed by atoms with Crippen LogP contribution in [0.5, 0.6) is 0 Å². The van der Waals surface area contributed by atoms with Crippen molar-refractivity contribution >= 4 is 11.8 Å². The van der Waals surface area contributed by atoms with E-state index in [2.05, 4.69) is 17.0 Å². The van der Waals surface area contributed by atoms with Crippen molar-refractivity contribution in [2.24, 2.45) is 5.73 Å². The van der Waals surface area contributed by atoms with Gasteiger partial charge in [0.1, 0.15) is 0 Å². The number of anilines is 1. The Kier molecular flexibility index (Phi) is 4.27. The van der Waals surface area contributed by atoms with Crippen LogP contribution < -0.4 is 10.6 Å². The summed E-state index contributed by atoms with van der Waals surface area (Å²) in [5, 5.41) is 9.16. The third-order valence-corrected chi connectivity index (χ3v) is 3.74. The van der Waals surface area contributed by atoms with Crippen molar-refractivity contribution in [2.45, 2.75) is 25.9 Å². The lowest BCUT2D eigenvalue weighted by Crippen LogP contribution is -2.54. The Morgan fingerprint density at radius 1 is 1.37 bits per heavy atom. The molecule has 1 heterocycles. The molecule has 0 spiro atoms. The normalized spacial score (nSPS) is 19.6. The van der Waals surface area contributed by atoms with Gasteiger partial charge in [0.25, 0.3) is 0 Å². The summed E-state index contributed by atoms with van der Waals surface area (Å²) < 4.78 is 0. The van der Waals surface area contributed by atoms with Gasteiger partial charge in [-0.3, -0.25) is 0 Å². The number of nitrogens with two attached hydrogens (primary N) is 1. The fourth-order valence-electron chi connectivity index (χ4n) is 2.53. The van der Waals surface area contributed by atoms with Crippen molar-refractivity contribution in [3.05, 3.63) is 29.8 Å². The highest BCUT2D eigenvalue weighted by molar-refractivity contribution is 5.66. The summed E-state index contributed by atoms with van der Waals surface area (Å²) in [6.45, 7) is 4.63. The van der Waals surface area contributed by atoms with Crippen LogP contribution in [0.25, 0.3) is 0 Å². The molecule has 0 radical (unpaired) electrons. The summed E-state index contributed by atoms with van der Waals surface area (Å²) in [7, 11) is 0. The number of piperazine rings is 1. The molecule has 1 aromatic rings. The van der Waals surface area contributed by atoms with Crippen molar-refractivity contribution in [3.8, 4) is 0 Å². The second-order valence-electron chi connectivity index (χ2n) is 4.85. The van der Waals surface area contributed by atoms with E-state index in [-0.39, 0.29) is 6.04 Å². The third-order valence-electron chi connectivity index (χ3n) is 3.74. The van der Waals surface area contributed by atoms with Gasteiger partial charge in [0.2, 0.25) is 0 Å². The standard InChI is InChI=1S/C14H21N3O2/c1-2-12-10-16(7-8-17(12)14(18)19)13-5-3-11(9-15)4-6-13/h3-6,12H,2,7-10,15H2,1H3,(H,18,19). The molecule has 3 N–H and O–H groups in total. The molecule has 0 bridgehead atoms. The van der Waals surface area contributed by atoms with Crippen LogP contribution in [0.15, 0.2) is 24.3 Å². The highest BCUT2D eigenvalue weighted by Gasteiger charge is 2.28. The first kappa shape index (κ1) is 13.7. The number of hydrogen-bond donors (Lipinski definition) is 2. The first-order valence-electron chi connectivity index (χ1n) is 6.69. The molecule has 2 rings (SSSR count). The molecule has 1 aromatic carbocycles. The van der Waals surface area contributed by atoms with Crippen molar-refractivity contribution in [1.82, 2.24) is 4.90 Å². The largest absolute Gasteiger partial charge is 0.465 e. The second kappa shape index (κ2) is 5.93. The minimum atomic E-state index is -0.815. The van der Waals surface area contributed by atoms with E-state index in [1.807, 2.05) is 19.1 Å². The summed E-state index contributed by atoms with van der Waals surface area (Å²) in [4.78, 5) is 14.9. The number of carbonyl (C=O) groups is 1. The third kappa shape index (κ3) is 2.98. The number of hydrogen-bond acceptors (Lipinski definition) is 3. The van der Waals surface area contributed by atoms with Gasteiger partial charge in [0.15, 0.2) is 0 Å². The van der Waals surface area contributed by atoms with Crippen molar-refractivity contribution < 1.29 is 9.90 Å². The zero-order valence-corrected chi connectivity index (χ0v) is 11.2. The molecule has 1 aliphatic heterocycles. The van der Waals surface area contributed by atoms with Crippen LogP contribution in [0.3, 0.4) is 0 Å². The Balaban J connectivity index is 2.08. The molecule has 19 heavy (non-hydrogen) atoms. The Hall–Kier alpha value is -1.75. The van der Waals surface area contributed by atoms with Gasteiger partial charge in [-0.1, -0.05) is 19.1 Å². The molecule has 5 nitrogen and oxygen atoms in total. The zero-order chi connectivity index (χ0) is 13.8. The Bertz CT molecular complexity index is 433. The van der Waals surface area contributed by atoms with Crippen LogP contribution in [0.4, 0.5) is 10.5 Å². The van der Waals surface area contributed by atoms with Crippen LogP contribution in [-0.4, -0.2) is 41.8 Å². The molecule has 0 aliphatic carbocycles. The number of benzene rings is 1. The van der Waals surface area contributed by atoms with Crippen molar-refractivity contribution in [1.29, 1.82) is 0 Å². The number of carboxylic acid groups (broad SMARTS) is 1. The fraction of sp³-hybridized carbons (Fsp3) is 0.500. The zero-order valence-electron chi connectivity index (χ0n) is 11.2. The maximum Gasteiger partial charge on any atom is 0.407 e. The van der Waals surface area contributed by atoms with Gasteiger partial charge in [-0.2, -0.15) is 0 Å². The first-order chi connectivity index (χ1) is 9.15. The lowest BCUT2D eigenvalue weighted by molar-refractivity contribution is 0.116. The minimum absolute atomic E-state index is 0.0698. The minimum Gasteiger partial charge on any atom is -0.465 e. The van der Waals surface area contributed by atoms with Gasteiger partial charge in [-0.25, -0.2) is 4.79 Å². The van der Waals surface area contributed by atoms with E-state index in [9.17, 15) is 4.79 Å². The Labute approximate surface area is 113 Å². The molecular weight excluding hydrogens is 242 g/mol. The topological polar surface area (TPSA) is 69.8 Å². The summed E-state index contributed by atoms with van der Waals surface area (Å²) >= 11 is 0. The predicted molar refractivity (Wildman–Crippen MR) is 75.4 cm³/mol. The molecule has 1 fully saturated rings. The monoisotopic (exact) mass is 263 g/mol. The Morgan fingerprint density at radius 2 is 2.05 bits per heavy atom. The van der Waals surface area contributed by atoms with E-state index in [0.717, 1.165) is 30.8 Å². The molecule has 1 amide bonds. The summed E-state index contributed by atoms with van der Waals surface area (Å²) in [6, 6.07) is 8.25. The molecule has 5 heteroatoms. The van der Waals surface area contributed by atoms with Crippen molar-refractivity contribution in [2.75, 3.05) is 24.5 Å². The smallest absolute Gasteiger partial charge is 0.407 e. The van der Waals surface area contributed by atoms with Gasteiger partial charge in [0.05, 0.1) is 6.04 Å². The highest BCUT2D eigenvalue weighted by atomic mass is 16.4. The summed E-state index contributed by atoms with van der Waals surface area (Å²) in [6.07, 6.45) is 0.0222. The van der Waals surface area contributed by atoms with Crippen LogP contribution in [-0.2, 0) is 6.54 Å². The quantitative estimate of drug-likeness (QED) is 0.871. The molecule has 0 saturated carbocycles. The van der Waals surface area contributed by atoms with Gasteiger partial charge in [-0.15, -0.1) is 0 Å². The van der Waals surface area contributed by atoms with Crippen LogP contribution in [0, 0.1) is 0 Å². The Morgan fingerprint density at radius 3 is 2.58 bits per heavy atom. The lowest BCUT2D eigenvalue weighted by Gasteiger charge is -2.40. The fourth-order valence-corrected chi connectivity index (χ4v) is 2.53. The SMILES string of the molecule is CCC1CN(c2ccc(CN)cc2)CCN1C(=O)O. The van der Waals surface area contributed by atoms with Crippen LogP contribution in [0.2, 0.25) is 0 Å². The summed E-state index contributed by atoms with van der Waals surface area (Å²) in [5.74, 6) is 0. The average molecular weight is 263 g/mol. The molecule has 0 aromatic heterocycles. The molecule has 104 valence electrons. The van der Waals surface area contributed by atoms with Gasteiger partial charge < -0.3 is 20.6 Å². The predicted octanol–water partition coefficient (Wildman–Crippen LogP) is 1.72. The number of nitrogens with zero attached hydrogens (tertiary/aromatic N) is 2. The molecule has 1 aliphatic rings. The maximum atomic E-state index is 11.1. The average Bonchev–Trinajstić information content (AvgIpc) is 2.46. The van der Waals surface area contributed by atoms with E-state index in [4.69, 9.17) is 10.8 Å². The van der Waals surface area contributed by atoms with E-state index in [1.54, 1.807) is 4.90 Å². The van der Waals surface area contributed by atoms with Gasteiger partial charge in [-0.05, 0) is 24.1 Å². The summed E-state index contributed by atoms with van der Waals surface area (Å²) in [5.41, 5.74) is 7.84. The van der Waals surface area contributed by atoms with E-state index >= 15 is 0 Å². The van der Waals surface area contributed by atoms with E-state index in [1.165, 1.54) is 0 Å².